The number of aryl methyl sites for hydroxylation is 1. The van der Waals surface area contributed by atoms with E-state index >= 15 is 0 Å². The van der Waals surface area contributed by atoms with Crippen LogP contribution in [-0.2, 0) is 6.42 Å². The molecule has 3 heteroatoms. The lowest BCUT2D eigenvalue weighted by molar-refractivity contribution is 0.400. The van der Waals surface area contributed by atoms with E-state index in [4.69, 9.17) is 0 Å². The van der Waals surface area contributed by atoms with Gasteiger partial charge < -0.3 is 4.90 Å². The minimum absolute atomic E-state index is 1.06. The van der Waals surface area contributed by atoms with E-state index in [2.05, 4.69) is 46.0 Å². The number of nitrogens with zero attached hydrogens (tertiary/aromatic N) is 2. The van der Waals surface area contributed by atoms with Crippen LogP contribution in [0, 0.1) is 0 Å². The summed E-state index contributed by atoms with van der Waals surface area (Å²) in [6.45, 7) is 1.13. The number of hydrogen-bond donors (Lipinski definition) is 0. The highest BCUT2D eigenvalue weighted by Crippen LogP contribution is 2.10. The first-order valence-electron chi connectivity index (χ1n) is 4.42. The van der Waals surface area contributed by atoms with Gasteiger partial charge >= 0.3 is 0 Å². The Labute approximate surface area is 88.1 Å². The molecule has 72 valence electrons. The van der Waals surface area contributed by atoms with Crippen LogP contribution in [0.2, 0.25) is 0 Å². The maximum Gasteiger partial charge on any atom is 0.0410 e. The van der Waals surface area contributed by atoms with E-state index in [1.54, 1.807) is 0 Å². The topological polar surface area (TPSA) is 16.1 Å². The highest BCUT2D eigenvalue weighted by Gasteiger charge is 1.95. The fourth-order valence-corrected chi connectivity index (χ4v) is 1.60. The predicted octanol–water partition coefficient (Wildman–Crippen LogP) is 2.34. The normalized spacial score (nSPS) is 10.8. The molecule has 0 amide bonds. The van der Waals surface area contributed by atoms with Crippen molar-refractivity contribution in [1.29, 1.82) is 0 Å². The smallest absolute Gasteiger partial charge is 0.0410 e. The lowest BCUT2D eigenvalue weighted by atomic mass is 10.1. The summed E-state index contributed by atoms with van der Waals surface area (Å²) in [4.78, 5) is 6.32. The average Bonchev–Trinajstić information content (AvgIpc) is 2.03. The fraction of sp³-hybridized carbons (Fsp3) is 0.500. The zero-order chi connectivity index (χ0) is 9.68. The molecule has 0 saturated carbocycles. The molecule has 0 radical (unpaired) electrons. The van der Waals surface area contributed by atoms with Gasteiger partial charge in [-0.05, 0) is 61.0 Å². The predicted molar refractivity (Wildman–Crippen MR) is 58.8 cm³/mol. The second-order valence-electron chi connectivity index (χ2n) is 3.42. The number of halogens is 1. The van der Waals surface area contributed by atoms with Crippen molar-refractivity contribution in [1.82, 2.24) is 9.88 Å². The van der Waals surface area contributed by atoms with Crippen LogP contribution in [-0.4, -0.2) is 30.5 Å². The van der Waals surface area contributed by atoms with E-state index in [0.29, 0.717) is 0 Å². The van der Waals surface area contributed by atoms with Crippen molar-refractivity contribution in [3.8, 4) is 0 Å². The highest BCUT2D eigenvalue weighted by molar-refractivity contribution is 9.10. The van der Waals surface area contributed by atoms with Gasteiger partial charge in [0.1, 0.15) is 0 Å². The van der Waals surface area contributed by atoms with Crippen molar-refractivity contribution in [2.75, 3.05) is 20.6 Å². The van der Waals surface area contributed by atoms with Crippen LogP contribution in [0.4, 0.5) is 0 Å². The molecule has 0 aliphatic heterocycles. The van der Waals surface area contributed by atoms with Gasteiger partial charge in [0, 0.05) is 16.9 Å². The first kappa shape index (κ1) is 10.7. The molecule has 0 aliphatic carbocycles. The Morgan fingerprint density at radius 2 is 2.15 bits per heavy atom. The zero-order valence-corrected chi connectivity index (χ0v) is 9.71. The Morgan fingerprint density at radius 1 is 1.38 bits per heavy atom. The molecular weight excluding hydrogens is 228 g/mol. The molecule has 0 saturated heterocycles. The molecule has 0 aromatic carbocycles. The van der Waals surface area contributed by atoms with Gasteiger partial charge in [-0.1, -0.05) is 0 Å². The van der Waals surface area contributed by atoms with E-state index in [0.717, 1.165) is 17.4 Å². The number of hydrogen-bond acceptors (Lipinski definition) is 2. The molecule has 1 rings (SSSR count). The Kier molecular flexibility index (Phi) is 4.39. The molecule has 0 aliphatic rings. The van der Waals surface area contributed by atoms with Crippen LogP contribution in [0.25, 0.3) is 0 Å². The molecule has 1 aromatic heterocycles. The van der Waals surface area contributed by atoms with E-state index < -0.39 is 0 Å². The van der Waals surface area contributed by atoms with Gasteiger partial charge in [0.25, 0.3) is 0 Å². The van der Waals surface area contributed by atoms with Crippen LogP contribution in [0.1, 0.15) is 12.0 Å². The Bertz CT molecular complexity index is 261. The fourth-order valence-electron chi connectivity index (χ4n) is 1.19. The maximum atomic E-state index is 4.12. The van der Waals surface area contributed by atoms with Gasteiger partial charge in [-0.2, -0.15) is 0 Å². The summed E-state index contributed by atoms with van der Waals surface area (Å²) in [5, 5.41) is 0. The molecule has 1 aromatic rings. The van der Waals surface area contributed by atoms with E-state index in [1.807, 2.05) is 12.4 Å². The average molecular weight is 243 g/mol. The summed E-state index contributed by atoms with van der Waals surface area (Å²) >= 11 is 3.41. The quantitative estimate of drug-likeness (QED) is 0.806. The molecule has 0 atom stereocenters. The summed E-state index contributed by atoms with van der Waals surface area (Å²) in [6.07, 6.45) is 6.03. The molecule has 0 spiro atoms. The molecule has 13 heavy (non-hydrogen) atoms. The third-order valence-corrected chi connectivity index (χ3v) is 2.27. The van der Waals surface area contributed by atoms with Crippen LogP contribution < -0.4 is 0 Å². The van der Waals surface area contributed by atoms with E-state index in [1.165, 1.54) is 12.0 Å². The molecular formula is C10H15BrN2. The zero-order valence-electron chi connectivity index (χ0n) is 8.13. The molecule has 2 nitrogen and oxygen atoms in total. The summed E-state index contributed by atoms with van der Waals surface area (Å²) < 4.78 is 1.06. The first-order valence-corrected chi connectivity index (χ1v) is 5.22. The summed E-state index contributed by atoms with van der Waals surface area (Å²) in [6, 6.07) is 2.13. The third-order valence-electron chi connectivity index (χ3n) is 1.83. The lowest BCUT2D eigenvalue weighted by Crippen LogP contribution is -2.13. The van der Waals surface area contributed by atoms with Crippen LogP contribution in [0.3, 0.4) is 0 Å². The van der Waals surface area contributed by atoms with Crippen LogP contribution in [0.5, 0.6) is 0 Å². The lowest BCUT2D eigenvalue weighted by Gasteiger charge is -2.08. The Balaban J connectivity index is 2.37. The van der Waals surface area contributed by atoms with Gasteiger partial charge in [-0.25, -0.2) is 0 Å². The third kappa shape index (κ3) is 4.39. The van der Waals surface area contributed by atoms with Crippen molar-refractivity contribution in [3.63, 3.8) is 0 Å². The van der Waals surface area contributed by atoms with Gasteiger partial charge in [-0.3, -0.25) is 4.98 Å². The molecule has 0 fully saturated rings. The Hall–Kier alpha value is -0.410. The van der Waals surface area contributed by atoms with Gasteiger partial charge in [0.2, 0.25) is 0 Å². The number of rotatable bonds is 4. The standard InChI is InChI=1S/C10H15BrN2/c1-13(2)5-3-4-9-6-10(11)8-12-7-9/h6-8H,3-5H2,1-2H3. The largest absolute Gasteiger partial charge is 0.309 e. The summed E-state index contributed by atoms with van der Waals surface area (Å²) in [5.74, 6) is 0. The van der Waals surface area contributed by atoms with Crippen molar-refractivity contribution in [2.45, 2.75) is 12.8 Å². The van der Waals surface area contributed by atoms with Crippen molar-refractivity contribution < 1.29 is 0 Å². The molecule has 0 N–H and O–H groups in total. The van der Waals surface area contributed by atoms with Crippen molar-refractivity contribution in [2.24, 2.45) is 0 Å². The van der Waals surface area contributed by atoms with Gasteiger partial charge in [-0.15, -0.1) is 0 Å². The summed E-state index contributed by atoms with van der Waals surface area (Å²) in [5.41, 5.74) is 1.30. The Morgan fingerprint density at radius 3 is 2.77 bits per heavy atom. The monoisotopic (exact) mass is 242 g/mol. The first-order chi connectivity index (χ1) is 6.18. The SMILES string of the molecule is CN(C)CCCc1cncc(Br)c1. The molecule has 1 heterocycles. The van der Waals surface area contributed by atoms with Crippen molar-refractivity contribution >= 4 is 15.9 Å². The highest BCUT2D eigenvalue weighted by atomic mass is 79.9. The minimum Gasteiger partial charge on any atom is -0.309 e. The summed E-state index contributed by atoms with van der Waals surface area (Å²) in [7, 11) is 4.19. The number of pyridine rings is 1. The van der Waals surface area contributed by atoms with Gasteiger partial charge in [0.15, 0.2) is 0 Å². The van der Waals surface area contributed by atoms with E-state index in [9.17, 15) is 0 Å². The maximum absolute atomic E-state index is 4.12. The second-order valence-corrected chi connectivity index (χ2v) is 4.33. The van der Waals surface area contributed by atoms with Crippen LogP contribution in [0.15, 0.2) is 22.9 Å². The second kappa shape index (κ2) is 5.35. The molecule has 0 bridgehead atoms. The van der Waals surface area contributed by atoms with Gasteiger partial charge in [0.05, 0.1) is 0 Å². The van der Waals surface area contributed by atoms with E-state index in [-0.39, 0.29) is 0 Å². The van der Waals surface area contributed by atoms with Crippen molar-refractivity contribution in [3.05, 3.63) is 28.5 Å². The minimum atomic E-state index is 1.06. The number of aromatic nitrogens is 1. The molecule has 0 unspecified atom stereocenters. The van der Waals surface area contributed by atoms with Crippen LogP contribution >= 0.6 is 15.9 Å².